The molecule has 1 N–H and O–H groups in total. The zero-order chi connectivity index (χ0) is 14.4. The maximum atomic E-state index is 13.3. The summed E-state index contributed by atoms with van der Waals surface area (Å²) in [5, 5.41) is 9.20. The molecule has 0 saturated heterocycles. The molecule has 0 atom stereocenters. The van der Waals surface area contributed by atoms with Crippen LogP contribution in [0.5, 0.6) is 11.5 Å². The average Bonchev–Trinajstić information content (AvgIpc) is 2.46. The van der Waals surface area contributed by atoms with Crippen molar-refractivity contribution in [3.05, 3.63) is 59.4 Å². The molecule has 0 aliphatic rings. The van der Waals surface area contributed by atoms with Crippen LogP contribution in [0.25, 0.3) is 0 Å². The summed E-state index contributed by atoms with van der Waals surface area (Å²) in [6.45, 7) is 0.263. The van der Waals surface area contributed by atoms with Crippen molar-refractivity contribution in [2.45, 2.75) is 6.61 Å². The number of benzene rings is 2. The molecule has 0 radical (unpaired) electrons. The fourth-order valence-electron chi connectivity index (χ4n) is 1.60. The third-order valence-electron chi connectivity index (χ3n) is 2.56. The van der Waals surface area contributed by atoms with Gasteiger partial charge in [-0.2, -0.15) is 0 Å². The highest BCUT2D eigenvalue weighted by atomic mass is 35.5. The standard InChI is InChI=1S/C16H12ClFO2/c17-9-1-2-13-5-6-14(18)10-16(13)20-11-12-3-7-15(19)8-4-12/h3-8,10,19H,9,11H2. The van der Waals surface area contributed by atoms with Crippen LogP contribution in [-0.2, 0) is 6.61 Å². The van der Waals surface area contributed by atoms with Gasteiger partial charge < -0.3 is 9.84 Å². The zero-order valence-electron chi connectivity index (χ0n) is 10.6. The summed E-state index contributed by atoms with van der Waals surface area (Å²) in [7, 11) is 0. The van der Waals surface area contributed by atoms with Gasteiger partial charge >= 0.3 is 0 Å². The molecule has 2 aromatic rings. The van der Waals surface area contributed by atoms with Gasteiger partial charge in [0, 0.05) is 6.07 Å². The smallest absolute Gasteiger partial charge is 0.138 e. The molecule has 0 spiro atoms. The Morgan fingerprint density at radius 2 is 1.90 bits per heavy atom. The van der Waals surface area contributed by atoms with E-state index < -0.39 is 0 Å². The molecule has 2 aromatic carbocycles. The summed E-state index contributed by atoms with van der Waals surface area (Å²) >= 11 is 5.51. The van der Waals surface area contributed by atoms with Crippen LogP contribution < -0.4 is 4.74 Å². The van der Waals surface area contributed by atoms with Gasteiger partial charge in [-0.1, -0.05) is 24.0 Å². The van der Waals surface area contributed by atoms with E-state index in [-0.39, 0.29) is 24.1 Å². The molecule has 0 bridgehead atoms. The lowest BCUT2D eigenvalue weighted by Crippen LogP contribution is -1.97. The molecule has 20 heavy (non-hydrogen) atoms. The minimum atomic E-state index is -0.387. The van der Waals surface area contributed by atoms with E-state index in [9.17, 15) is 9.50 Å². The lowest BCUT2D eigenvalue weighted by molar-refractivity contribution is 0.303. The molecular weight excluding hydrogens is 279 g/mol. The van der Waals surface area contributed by atoms with Gasteiger partial charge in [0.05, 0.1) is 11.4 Å². The summed E-state index contributed by atoms with van der Waals surface area (Å²) < 4.78 is 18.8. The number of phenolic OH excluding ortho intramolecular Hbond substituents is 1. The lowest BCUT2D eigenvalue weighted by Gasteiger charge is -2.08. The van der Waals surface area contributed by atoms with Gasteiger partial charge in [0.15, 0.2) is 0 Å². The van der Waals surface area contributed by atoms with E-state index in [0.29, 0.717) is 11.3 Å². The molecular formula is C16H12ClFO2. The number of rotatable bonds is 3. The Kier molecular flexibility index (Phi) is 4.86. The van der Waals surface area contributed by atoms with E-state index in [1.165, 1.54) is 12.1 Å². The number of ether oxygens (including phenoxy) is 1. The molecule has 0 heterocycles. The van der Waals surface area contributed by atoms with Crippen molar-refractivity contribution < 1.29 is 14.2 Å². The Hall–Kier alpha value is -2.18. The Bertz CT molecular complexity index is 642. The van der Waals surface area contributed by atoms with Crippen molar-refractivity contribution in [3.63, 3.8) is 0 Å². The van der Waals surface area contributed by atoms with Gasteiger partial charge in [-0.15, -0.1) is 11.6 Å². The third-order valence-corrected chi connectivity index (χ3v) is 2.70. The summed E-state index contributed by atoms with van der Waals surface area (Å²) in [4.78, 5) is 0. The van der Waals surface area contributed by atoms with Crippen molar-refractivity contribution in [2.75, 3.05) is 5.88 Å². The van der Waals surface area contributed by atoms with Crippen molar-refractivity contribution in [3.8, 4) is 23.3 Å². The quantitative estimate of drug-likeness (QED) is 0.690. The minimum Gasteiger partial charge on any atom is -0.508 e. The van der Waals surface area contributed by atoms with Gasteiger partial charge in [-0.05, 0) is 29.8 Å². The van der Waals surface area contributed by atoms with E-state index in [4.69, 9.17) is 16.3 Å². The van der Waals surface area contributed by atoms with Gasteiger partial charge in [0.2, 0.25) is 0 Å². The SMILES string of the molecule is Oc1ccc(COc2cc(F)ccc2C#CCCl)cc1. The van der Waals surface area contributed by atoms with E-state index in [1.807, 2.05) is 0 Å². The van der Waals surface area contributed by atoms with Gasteiger partial charge in [-0.3, -0.25) is 0 Å². The van der Waals surface area contributed by atoms with Crippen LogP contribution in [-0.4, -0.2) is 11.0 Å². The summed E-state index contributed by atoms with van der Waals surface area (Å²) in [5.41, 5.74) is 1.45. The van der Waals surface area contributed by atoms with Gasteiger partial charge in [0.25, 0.3) is 0 Å². The topological polar surface area (TPSA) is 29.5 Å². The number of hydrogen-bond acceptors (Lipinski definition) is 2. The van der Waals surface area contributed by atoms with Crippen molar-refractivity contribution in [2.24, 2.45) is 0 Å². The largest absolute Gasteiger partial charge is 0.508 e. The highest BCUT2D eigenvalue weighted by molar-refractivity contribution is 6.19. The van der Waals surface area contributed by atoms with Crippen LogP contribution in [0.15, 0.2) is 42.5 Å². The monoisotopic (exact) mass is 290 g/mol. The van der Waals surface area contributed by atoms with Crippen LogP contribution in [0.4, 0.5) is 4.39 Å². The summed E-state index contributed by atoms with van der Waals surface area (Å²) in [5.74, 6) is 5.91. The molecule has 0 aliphatic carbocycles. The second kappa shape index (κ2) is 6.83. The Balaban J connectivity index is 2.15. The maximum Gasteiger partial charge on any atom is 0.138 e. The maximum absolute atomic E-state index is 13.3. The van der Waals surface area contributed by atoms with Crippen LogP contribution >= 0.6 is 11.6 Å². The number of hydrogen-bond donors (Lipinski definition) is 1. The van der Waals surface area contributed by atoms with Crippen LogP contribution in [0.1, 0.15) is 11.1 Å². The van der Waals surface area contributed by atoms with Crippen LogP contribution in [0.3, 0.4) is 0 Å². The molecule has 4 heteroatoms. The first kappa shape index (κ1) is 14.2. The summed E-state index contributed by atoms with van der Waals surface area (Å²) in [6, 6.07) is 10.8. The fourth-order valence-corrected chi connectivity index (χ4v) is 1.67. The predicted octanol–water partition coefficient (Wildman–Crippen LogP) is 3.70. The second-order valence-electron chi connectivity index (χ2n) is 4.03. The molecule has 2 nitrogen and oxygen atoms in total. The molecule has 0 fully saturated rings. The molecule has 0 unspecified atom stereocenters. The highest BCUT2D eigenvalue weighted by Gasteiger charge is 2.04. The highest BCUT2D eigenvalue weighted by Crippen LogP contribution is 2.21. The van der Waals surface area contributed by atoms with E-state index in [0.717, 1.165) is 5.56 Å². The van der Waals surface area contributed by atoms with Crippen LogP contribution in [0, 0.1) is 17.7 Å². The molecule has 0 aliphatic heterocycles. The fraction of sp³-hybridized carbons (Fsp3) is 0.125. The first-order valence-electron chi connectivity index (χ1n) is 5.94. The van der Waals surface area contributed by atoms with Crippen molar-refractivity contribution in [1.82, 2.24) is 0 Å². The van der Waals surface area contributed by atoms with Gasteiger partial charge in [0.1, 0.15) is 23.9 Å². The normalized spacial score (nSPS) is 9.70. The van der Waals surface area contributed by atoms with Crippen molar-refractivity contribution >= 4 is 11.6 Å². The molecule has 2 rings (SSSR count). The third kappa shape index (κ3) is 3.91. The Morgan fingerprint density at radius 3 is 2.60 bits per heavy atom. The van der Waals surface area contributed by atoms with Crippen LogP contribution in [0.2, 0.25) is 0 Å². The number of aromatic hydroxyl groups is 1. The first-order chi connectivity index (χ1) is 9.69. The molecule has 0 amide bonds. The number of halogens is 2. The van der Waals surface area contributed by atoms with Gasteiger partial charge in [-0.25, -0.2) is 4.39 Å². The Morgan fingerprint density at radius 1 is 1.15 bits per heavy atom. The second-order valence-corrected chi connectivity index (χ2v) is 4.30. The molecule has 0 aromatic heterocycles. The van der Waals surface area contributed by atoms with E-state index in [1.54, 1.807) is 30.3 Å². The number of alkyl halides is 1. The first-order valence-corrected chi connectivity index (χ1v) is 6.47. The number of phenols is 1. The van der Waals surface area contributed by atoms with E-state index in [2.05, 4.69) is 11.8 Å². The lowest BCUT2D eigenvalue weighted by atomic mass is 10.2. The zero-order valence-corrected chi connectivity index (χ0v) is 11.3. The summed E-state index contributed by atoms with van der Waals surface area (Å²) in [6.07, 6.45) is 0. The molecule has 102 valence electrons. The minimum absolute atomic E-state index is 0.188. The van der Waals surface area contributed by atoms with E-state index >= 15 is 0 Å². The predicted molar refractivity (Wildman–Crippen MR) is 76.4 cm³/mol. The Labute approximate surface area is 121 Å². The average molecular weight is 291 g/mol. The molecule has 0 saturated carbocycles. The van der Waals surface area contributed by atoms with Crippen molar-refractivity contribution in [1.29, 1.82) is 0 Å².